The van der Waals surface area contributed by atoms with Crippen LogP contribution in [0.1, 0.15) is 26.2 Å². The molecule has 2 fully saturated rings. The zero-order valence-electron chi connectivity index (χ0n) is 6.72. The highest BCUT2D eigenvalue weighted by Crippen LogP contribution is 2.58. The van der Waals surface area contributed by atoms with Gasteiger partial charge < -0.3 is 5.73 Å². The minimum absolute atomic E-state index is 0.910. The Morgan fingerprint density at radius 2 is 1.80 bits per heavy atom. The highest BCUT2D eigenvalue weighted by molar-refractivity contribution is 5.01. The Labute approximate surface area is 63.0 Å². The maximum Gasteiger partial charge on any atom is -0.00460 e. The first-order valence-electron chi connectivity index (χ1n) is 4.56. The van der Waals surface area contributed by atoms with Gasteiger partial charge in [-0.3, -0.25) is 0 Å². The minimum Gasteiger partial charge on any atom is -0.330 e. The third-order valence-electron chi connectivity index (χ3n) is 3.74. The first-order chi connectivity index (χ1) is 4.86. The van der Waals surface area contributed by atoms with E-state index in [9.17, 15) is 0 Å². The van der Waals surface area contributed by atoms with Crippen LogP contribution in [0.2, 0.25) is 0 Å². The molecule has 2 N–H and O–H groups in total. The van der Waals surface area contributed by atoms with E-state index in [0.717, 1.165) is 30.2 Å². The van der Waals surface area contributed by atoms with Crippen LogP contribution >= 0.6 is 0 Å². The zero-order valence-corrected chi connectivity index (χ0v) is 6.72. The van der Waals surface area contributed by atoms with E-state index in [-0.39, 0.29) is 0 Å². The Kier molecular flexibility index (Phi) is 1.48. The molecular weight excluding hydrogens is 122 g/mol. The maximum atomic E-state index is 5.61. The summed E-state index contributed by atoms with van der Waals surface area (Å²) in [5.74, 6) is 4.13. The quantitative estimate of drug-likeness (QED) is 0.618. The van der Waals surface area contributed by atoms with Gasteiger partial charge in [0.15, 0.2) is 0 Å². The molecule has 0 spiro atoms. The largest absolute Gasteiger partial charge is 0.330 e. The summed E-state index contributed by atoms with van der Waals surface area (Å²) in [6.45, 7) is 3.26. The molecule has 4 unspecified atom stereocenters. The van der Waals surface area contributed by atoms with Gasteiger partial charge in [0.1, 0.15) is 0 Å². The smallest absolute Gasteiger partial charge is 0.00460 e. The summed E-state index contributed by atoms with van der Waals surface area (Å²) in [4.78, 5) is 0. The number of nitrogens with two attached hydrogens (primary N) is 1. The van der Waals surface area contributed by atoms with E-state index in [1.807, 2.05) is 0 Å². The first-order valence-corrected chi connectivity index (χ1v) is 4.56. The van der Waals surface area contributed by atoms with Gasteiger partial charge in [-0.05, 0) is 43.1 Å². The lowest BCUT2D eigenvalue weighted by Crippen LogP contribution is -2.53. The lowest BCUT2D eigenvalue weighted by atomic mass is 9.47. The van der Waals surface area contributed by atoms with Crippen molar-refractivity contribution < 1.29 is 0 Å². The standard InChI is InChI=1S/C9H17N/c1-2-6-3-9-7(5-10)4-8(6)9/h6-9H,2-5,10H2,1H3. The molecule has 0 aromatic rings. The van der Waals surface area contributed by atoms with Crippen LogP contribution in [0.5, 0.6) is 0 Å². The van der Waals surface area contributed by atoms with Crippen LogP contribution in [0.3, 0.4) is 0 Å². The highest BCUT2D eigenvalue weighted by atomic mass is 14.6. The topological polar surface area (TPSA) is 26.0 Å². The van der Waals surface area contributed by atoms with Crippen LogP contribution in [-0.2, 0) is 0 Å². The molecule has 0 saturated heterocycles. The molecule has 2 rings (SSSR count). The molecule has 0 amide bonds. The Morgan fingerprint density at radius 3 is 2.20 bits per heavy atom. The van der Waals surface area contributed by atoms with E-state index in [4.69, 9.17) is 5.73 Å². The average molecular weight is 139 g/mol. The van der Waals surface area contributed by atoms with Crippen LogP contribution < -0.4 is 5.73 Å². The lowest BCUT2D eigenvalue weighted by molar-refractivity contribution is -0.0839. The number of rotatable bonds is 2. The molecule has 4 atom stereocenters. The summed E-state index contributed by atoms with van der Waals surface area (Å²) >= 11 is 0. The molecule has 10 heavy (non-hydrogen) atoms. The fourth-order valence-electron chi connectivity index (χ4n) is 2.83. The Hall–Kier alpha value is -0.0400. The van der Waals surface area contributed by atoms with Gasteiger partial charge in [0, 0.05) is 0 Å². The van der Waals surface area contributed by atoms with Crippen molar-refractivity contribution in [2.24, 2.45) is 29.4 Å². The number of fused-ring (bicyclic) bond motifs is 1. The van der Waals surface area contributed by atoms with Gasteiger partial charge in [-0.1, -0.05) is 13.3 Å². The molecular formula is C9H17N. The third kappa shape index (κ3) is 0.672. The monoisotopic (exact) mass is 139 g/mol. The van der Waals surface area contributed by atoms with Gasteiger partial charge in [0.2, 0.25) is 0 Å². The van der Waals surface area contributed by atoms with E-state index < -0.39 is 0 Å². The van der Waals surface area contributed by atoms with Crippen molar-refractivity contribution in [1.29, 1.82) is 0 Å². The van der Waals surface area contributed by atoms with Crippen LogP contribution in [0.25, 0.3) is 0 Å². The molecule has 0 aliphatic heterocycles. The predicted molar refractivity (Wildman–Crippen MR) is 42.5 cm³/mol. The fourth-order valence-corrected chi connectivity index (χ4v) is 2.83. The second-order valence-corrected chi connectivity index (χ2v) is 3.96. The van der Waals surface area contributed by atoms with Crippen molar-refractivity contribution in [3.05, 3.63) is 0 Å². The Bertz CT molecular complexity index is 117. The van der Waals surface area contributed by atoms with Crippen LogP contribution in [0, 0.1) is 23.7 Å². The molecule has 0 aromatic carbocycles. The number of hydrogen-bond donors (Lipinski definition) is 1. The van der Waals surface area contributed by atoms with Gasteiger partial charge in [-0.25, -0.2) is 0 Å². The summed E-state index contributed by atoms with van der Waals surface area (Å²) in [6, 6.07) is 0. The van der Waals surface area contributed by atoms with E-state index in [1.54, 1.807) is 0 Å². The van der Waals surface area contributed by atoms with Crippen molar-refractivity contribution in [2.75, 3.05) is 6.54 Å². The average Bonchev–Trinajstić information content (AvgIpc) is 1.94. The Balaban J connectivity index is 1.82. The van der Waals surface area contributed by atoms with Gasteiger partial charge in [0.05, 0.1) is 0 Å². The van der Waals surface area contributed by atoms with Crippen LogP contribution in [0.4, 0.5) is 0 Å². The third-order valence-corrected chi connectivity index (χ3v) is 3.74. The summed E-state index contributed by atoms with van der Waals surface area (Å²) in [5.41, 5.74) is 5.61. The molecule has 58 valence electrons. The summed E-state index contributed by atoms with van der Waals surface area (Å²) in [6.07, 6.45) is 4.33. The molecule has 2 aliphatic carbocycles. The molecule has 0 radical (unpaired) electrons. The molecule has 0 bridgehead atoms. The van der Waals surface area contributed by atoms with E-state index in [2.05, 4.69) is 6.92 Å². The minimum atomic E-state index is 0.910. The summed E-state index contributed by atoms with van der Waals surface area (Å²) in [7, 11) is 0. The first kappa shape index (κ1) is 6.66. The van der Waals surface area contributed by atoms with Crippen molar-refractivity contribution in [3.63, 3.8) is 0 Å². The van der Waals surface area contributed by atoms with Gasteiger partial charge >= 0.3 is 0 Å². The SMILES string of the molecule is CCC1CC2C(CN)CC12. The Morgan fingerprint density at radius 1 is 1.20 bits per heavy atom. The molecule has 1 nitrogen and oxygen atoms in total. The lowest BCUT2D eigenvalue weighted by Gasteiger charge is -2.58. The summed E-state index contributed by atoms with van der Waals surface area (Å²) < 4.78 is 0. The van der Waals surface area contributed by atoms with Crippen LogP contribution in [-0.4, -0.2) is 6.54 Å². The molecule has 0 heterocycles. The molecule has 0 aromatic heterocycles. The van der Waals surface area contributed by atoms with E-state index in [1.165, 1.54) is 19.3 Å². The van der Waals surface area contributed by atoms with Crippen molar-refractivity contribution >= 4 is 0 Å². The highest BCUT2D eigenvalue weighted by Gasteiger charge is 2.51. The van der Waals surface area contributed by atoms with Crippen molar-refractivity contribution in [3.8, 4) is 0 Å². The second kappa shape index (κ2) is 2.23. The second-order valence-electron chi connectivity index (χ2n) is 3.96. The van der Waals surface area contributed by atoms with Crippen molar-refractivity contribution in [1.82, 2.24) is 0 Å². The van der Waals surface area contributed by atoms with Gasteiger partial charge in [-0.2, -0.15) is 0 Å². The predicted octanol–water partition coefficient (Wildman–Crippen LogP) is 1.63. The van der Waals surface area contributed by atoms with Crippen LogP contribution in [0.15, 0.2) is 0 Å². The molecule has 2 aliphatic rings. The number of hydrogen-bond acceptors (Lipinski definition) is 1. The molecule has 2 saturated carbocycles. The van der Waals surface area contributed by atoms with Gasteiger partial charge in [0.25, 0.3) is 0 Å². The maximum absolute atomic E-state index is 5.61. The van der Waals surface area contributed by atoms with Gasteiger partial charge in [-0.15, -0.1) is 0 Å². The normalized spacial score (nSPS) is 51.0. The fraction of sp³-hybridized carbons (Fsp3) is 1.00. The van der Waals surface area contributed by atoms with E-state index in [0.29, 0.717) is 0 Å². The van der Waals surface area contributed by atoms with Crippen molar-refractivity contribution in [2.45, 2.75) is 26.2 Å². The summed E-state index contributed by atoms with van der Waals surface area (Å²) in [5, 5.41) is 0. The zero-order chi connectivity index (χ0) is 7.14. The molecule has 1 heteroatoms. The van der Waals surface area contributed by atoms with E-state index >= 15 is 0 Å².